The Morgan fingerprint density at radius 1 is 1.42 bits per heavy atom. The third-order valence-electron chi connectivity index (χ3n) is 3.36. The van der Waals surface area contributed by atoms with Crippen molar-refractivity contribution in [3.05, 3.63) is 21.2 Å². The van der Waals surface area contributed by atoms with E-state index in [9.17, 15) is 9.90 Å². The SMILES string of the molecule is Cc1c(Br)c2c(c(C)c1OC(N)=O)C(O)C(C)(C)O2. The van der Waals surface area contributed by atoms with Gasteiger partial charge in [-0.25, -0.2) is 4.79 Å². The van der Waals surface area contributed by atoms with E-state index in [2.05, 4.69) is 15.9 Å². The zero-order chi connectivity index (χ0) is 14.5. The van der Waals surface area contributed by atoms with Gasteiger partial charge in [-0.05, 0) is 43.6 Å². The monoisotopic (exact) mass is 329 g/mol. The molecule has 1 atom stereocenters. The fraction of sp³-hybridized carbons (Fsp3) is 0.462. The molecule has 0 spiro atoms. The zero-order valence-electron chi connectivity index (χ0n) is 11.2. The van der Waals surface area contributed by atoms with Crippen LogP contribution in [0.5, 0.6) is 11.5 Å². The Bertz CT molecular complexity index is 568. The predicted octanol–water partition coefficient (Wildman–Crippen LogP) is 2.73. The van der Waals surface area contributed by atoms with E-state index in [1.807, 2.05) is 0 Å². The molecule has 1 unspecified atom stereocenters. The highest BCUT2D eigenvalue weighted by atomic mass is 79.9. The molecule has 1 aromatic carbocycles. The number of aliphatic hydroxyl groups is 1. The summed E-state index contributed by atoms with van der Waals surface area (Å²) < 4.78 is 11.5. The van der Waals surface area contributed by atoms with Crippen molar-refractivity contribution in [1.82, 2.24) is 0 Å². The summed E-state index contributed by atoms with van der Waals surface area (Å²) in [7, 11) is 0. The summed E-state index contributed by atoms with van der Waals surface area (Å²) >= 11 is 3.42. The number of hydrogen-bond donors (Lipinski definition) is 2. The lowest BCUT2D eigenvalue weighted by Gasteiger charge is -2.22. The van der Waals surface area contributed by atoms with Gasteiger partial charge in [-0.15, -0.1) is 0 Å². The molecule has 0 aliphatic carbocycles. The van der Waals surface area contributed by atoms with Gasteiger partial charge >= 0.3 is 6.09 Å². The van der Waals surface area contributed by atoms with Crippen molar-refractivity contribution >= 4 is 22.0 Å². The van der Waals surface area contributed by atoms with Gasteiger partial charge in [-0.2, -0.15) is 0 Å². The Labute approximate surface area is 119 Å². The molecular weight excluding hydrogens is 314 g/mol. The number of amides is 1. The topological polar surface area (TPSA) is 81.8 Å². The summed E-state index contributed by atoms with van der Waals surface area (Å²) in [5.74, 6) is 0.947. The van der Waals surface area contributed by atoms with Gasteiger partial charge in [0.15, 0.2) is 0 Å². The largest absolute Gasteiger partial charge is 0.483 e. The molecule has 1 heterocycles. The molecule has 0 fully saturated rings. The first-order valence-electron chi connectivity index (χ1n) is 5.83. The lowest BCUT2D eigenvalue weighted by atomic mass is 9.93. The molecule has 0 aromatic heterocycles. The number of carbonyl (C=O) groups excluding carboxylic acids is 1. The van der Waals surface area contributed by atoms with Gasteiger partial charge in [-0.1, -0.05) is 0 Å². The first-order valence-corrected chi connectivity index (χ1v) is 6.63. The lowest BCUT2D eigenvalue weighted by molar-refractivity contribution is 0.0000891. The van der Waals surface area contributed by atoms with E-state index in [0.717, 1.165) is 0 Å². The number of fused-ring (bicyclic) bond motifs is 1. The van der Waals surface area contributed by atoms with Crippen molar-refractivity contribution < 1.29 is 19.4 Å². The van der Waals surface area contributed by atoms with Crippen LogP contribution in [0.3, 0.4) is 0 Å². The average Bonchev–Trinajstić information content (AvgIpc) is 2.54. The molecule has 19 heavy (non-hydrogen) atoms. The maximum absolute atomic E-state index is 11.0. The van der Waals surface area contributed by atoms with Crippen LogP contribution in [0.4, 0.5) is 4.79 Å². The summed E-state index contributed by atoms with van der Waals surface area (Å²) in [6, 6.07) is 0. The highest BCUT2D eigenvalue weighted by Gasteiger charge is 2.43. The van der Waals surface area contributed by atoms with Gasteiger partial charge in [0, 0.05) is 16.7 Å². The highest BCUT2D eigenvalue weighted by molar-refractivity contribution is 9.10. The molecule has 2 rings (SSSR count). The molecular formula is C13H16BrNO4. The van der Waals surface area contributed by atoms with Crippen LogP contribution in [-0.4, -0.2) is 16.8 Å². The fourth-order valence-corrected chi connectivity index (χ4v) is 2.79. The van der Waals surface area contributed by atoms with Crippen LogP contribution in [0, 0.1) is 13.8 Å². The van der Waals surface area contributed by atoms with E-state index >= 15 is 0 Å². The van der Waals surface area contributed by atoms with E-state index < -0.39 is 17.8 Å². The molecule has 104 valence electrons. The van der Waals surface area contributed by atoms with Crippen LogP contribution >= 0.6 is 15.9 Å². The molecule has 1 aliphatic heterocycles. The normalized spacial score (nSPS) is 19.8. The first-order chi connectivity index (χ1) is 8.66. The van der Waals surface area contributed by atoms with Crippen LogP contribution in [0.15, 0.2) is 4.47 Å². The third kappa shape index (κ3) is 2.08. The number of halogens is 1. The van der Waals surface area contributed by atoms with Gasteiger partial charge in [0.1, 0.15) is 23.2 Å². The van der Waals surface area contributed by atoms with E-state index in [1.54, 1.807) is 27.7 Å². The van der Waals surface area contributed by atoms with E-state index in [4.69, 9.17) is 15.2 Å². The van der Waals surface area contributed by atoms with Crippen LogP contribution in [-0.2, 0) is 0 Å². The molecule has 0 bridgehead atoms. The number of carbonyl (C=O) groups is 1. The summed E-state index contributed by atoms with van der Waals surface area (Å²) in [6.45, 7) is 7.15. The van der Waals surface area contributed by atoms with Crippen molar-refractivity contribution in [2.75, 3.05) is 0 Å². The number of nitrogens with two attached hydrogens (primary N) is 1. The fourth-order valence-electron chi connectivity index (χ4n) is 2.31. The number of ether oxygens (including phenoxy) is 2. The van der Waals surface area contributed by atoms with Gasteiger partial charge in [0.2, 0.25) is 0 Å². The molecule has 5 nitrogen and oxygen atoms in total. The second-order valence-electron chi connectivity index (χ2n) is 5.17. The number of hydrogen-bond acceptors (Lipinski definition) is 4. The van der Waals surface area contributed by atoms with Crippen molar-refractivity contribution in [2.45, 2.75) is 39.4 Å². The molecule has 0 radical (unpaired) electrons. The standard InChI is InChI=1S/C13H16BrNO4/c1-5-7-10(19-13(3,4)11(7)16)8(14)6(2)9(5)18-12(15)17/h11,16H,1-4H3,(H2,15,17). The molecule has 0 saturated carbocycles. The Morgan fingerprint density at radius 3 is 2.53 bits per heavy atom. The maximum Gasteiger partial charge on any atom is 0.409 e. The Balaban J connectivity index is 2.69. The Hall–Kier alpha value is -1.27. The van der Waals surface area contributed by atoms with Crippen molar-refractivity contribution in [3.63, 3.8) is 0 Å². The Morgan fingerprint density at radius 2 is 2.00 bits per heavy atom. The molecule has 1 aliphatic rings. The minimum Gasteiger partial charge on any atom is -0.483 e. The zero-order valence-corrected chi connectivity index (χ0v) is 12.8. The van der Waals surface area contributed by atoms with Crippen LogP contribution in [0.25, 0.3) is 0 Å². The summed E-state index contributed by atoms with van der Waals surface area (Å²) in [5.41, 5.74) is 6.34. The third-order valence-corrected chi connectivity index (χ3v) is 4.31. The van der Waals surface area contributed by atoms with Gasteiger partial charge in [-0.3, -0.25) is 0 Å². The summed E-state index contributed by atoms with van der Waals surface area (Å²) in [4.78, 5) is 11.0. The summed E-state index contributed by atoms with van der Waals surface area (Å²) in [5, 5.41) is 10.3. The first kappa shape index (κ1) is 14.1. The molecule has 1 aromatic rings. The van der Waals surface area contributed by atoms with Gasteiger partial charge in [0.05, 0.1) is 4.47 Å². The molecule has 6 heteroatoms. The molecule has 1 amide bonds. The second-order valence-corrected chi connectivity index (χ2v) is 5.96. The molecule has 3 N–H and O–H groups in total. The highest BCUT2D eigenvalue weighted by Crippen LogP contribution is 2.52. The lowest BCUT2D eigenvalue weighted by Crippen LogP contribution is -2.30. The quantitative estimate of drug-likeness (QED) is 0.829. The van der Waals surface area contributed by atoms with Crippen molar-refractivity contribution in [3.8, 4) is 11.5 Å². The number of rotatable bonds is 1. The smallest absolute Gasteiger partial charge is 0.409 e. The van der Waals surface area contributed by atoms with E-state index in [-0.39, 0.29) is 0 Å². The van der Waals surface area contributed by atoms with Crippen LogP contribution < -0.4 is 15.2 Å². The number of aliphatic hydroxyl groups excluding tert-OH is 1. The minimum absolute atomic E-state index is 0.360. The van der Waals surface area contributed by atoms with Crippen molar-refractivity contribution in [2.24, 2.45) is 5.73 Å². The number of primary amides is 1. The van der Waals surface area contributed by atoms with E-state index in [1.165, 1.54) is 0 Å². The number of benzene rings is 1. The average molecular weight is 330 g/mol. The van der Waals surface area contributed by atoms with Crippen molar-refractivity contribution in [1.29, 1.82) is 0 Å². The Kier molecular flexibility index (Phi) is 3.26. The van der Waals surface area contributed by atoms with Crippen LogP contribution in [0.2, 0.25) is 0 Å². The molecule has 0 saturated heterocycles. The van der Waals surface area contributed by atoms with Gasteiger partial charge in [0.25, 0.3) is 0 Å². The van der Waals surface area contributed by atoms with Gasteiger partial charge < -0.3 is 20.3 Å². The predicted molar refractivity (Wildman–Crippen MR) is 73.5 cm³/mol. The maximum atomic E-state index is 11.0. The second kappa shape index (κ2) is 4.38. The minimum atomic E-state index is -0.884. The van der Waals surface area contributed by atoms with E-state index in [0.29, 0.717) is 32.7 Å². The van der Waals surface area contributed by atoms with Crippen LogP contribution in [0.1, 0.15) is 36.6 Å². The summed E-state index contributed by atoms with van der Waals surface area (Å²) in [6.07, 6.45) is -1.68.